The van der Waals surface area contributed by atoms with Crippen LogP contribution < -0.4 is 5.32 Å². The standard InChI is InChI=1S/C18H28N2O/c1-14(2)19-18(13-21,17-7-8-17)12-20-10-9-15-5-3-4-6-16(15)11-20/h3-6,14,17,19,21H,7-13H2,1-2H3. The summed E-state index contributed by atoms with van der Waals surface area (Å²) in [6.45, 7) is 7.68. The second-order valence-corrected chi connectivity index (χ2v) is 7.12. The topological polar surface area (TPSA) is 35.5 Å². The van der Waals surface area contributed by atoms with E-state index in [1.54, 1.807) is 0 Å². The molecule has 1 aliphatic heterocycles. The van der Waals surface area contributed by atoms with Gasteiger partial charge in [-0.3, -0.25) is 4.90 Å². The minimum Gasteiger partial charge on any atom is -0.394 e. The van der Waals surface area contributed by atoms with Crippen molar-refractivity contribution in [3.05, 3.63) is 35.4 Å². The van der Waals surface area contributed by atoms with Gasteiger partial charge in [0, 0.05) is 25.7 Å². The number of nitrogens with one attached hydrogen (secondary N) is 1. The lowest BCUT2D eigenvalue weighted by atomic mass is 9.90. The third-order valence-corrected chi connectivity index (χ3v) is 4.93. The molecule has 0 spiro atoms. The number of nitrogens with zero attached hydrogens (tertiary/aromatic N) is 1. The van der Waals surface area contributed by atoms with Gasteiger partial charge >= 0.3 is 0 Å². The van der Waals surface area contributed by atoms with Crippen LogP contribution in [-0.2, 0) is 13.0 Å². The van der Waals surface area contributed by atoms with E-state index in [1.165, 1.54) is 24.0 Å². The third-order valence-electron chi connectivity index (χ3n) is 4.93. The minimum atomic E-state index is -0.111. The number of benzene rings is 1. The summed E-state index contributed by atoms with van der Waals surface area (Å²) in [4.78, 5) is 2.52. The Morgan fingerprint density at radius 2 is 2.00 bits per heavy atom. The summed E-state index contributed by atoms with van der Waals surface area (Å²) >= 11 is 0. The van der Waals surface area contributed by atoms with Gasteiger partial charge in [-0.25, -0.2) is 0 Å². The van der Waals surface area contributed by atoms with Gasteiger partial charge in [-0.2, -0.15) is 0 Å². The fraction of sp³-hybridized carbons (Fsp3) is 0.667. The van der Waals surface area contributed by atoms with Crippen molar-refractivity contribution < 1.29 is 5.11 Å². The largest absolute Gasteiger partial charge is 0.394 e. The number of hydrogen-bond acceptors (Lipinski definition) is 3. The van der Waals surface area contributed by atoms with Crippen LogP contribution in [0.15, 0.2) is 24.3 Å². The molecule has 1 saturated carbocycles. The molecule has 0 aromatic heterocycles. The van der Waals surface area contributed by atoms with Crippen molar-refractivity contribution in [1.29, 1.82) is 0 Å². The maximum Gasteiger partial charge on any atom is 0.0628 e. The first kappa shape index (κ1) is 15.0. The molecular weight excluding hydrogens is 260 g/mol. The van der Waals surface area contributed by atoms with E-state index in [0.717, 1.165) is 26.1 Å². The van der Waals surface area contributed by atoms with Gasteiger partial charge in [-0.05, 0) is 36.3 Å². The molecule has 1 heterocycles. The SMILES string of the molecule is CC(C)NC(CO)(CN1CCc2ccccc2C1)C1CC1. The molecule has 0 amide bonds. The molecular formula is C18H28N2O. The molecule has 1 unspecified atom stereocenters. The van der Waals surface area contributed by atoms with Crippen molar-refractivity contribution in [3.8, 4) is 0 Å². The molecule has 3 heteroatoms. The molecule has 0 radical (unpaired) electrons. The lowest BCUT2D eigenvalue weighted by molar-refractivity contribution is 0.0780. The van der Waals surface area contributed by atoms with Gasteiger partial charge < -0.3 is 10.4 Å². The Kier molecular flexibility index (Phi) is 4.34. The molecule has 1 atom stereocenters. The molecule has 0 saturated heterocycles. The van der Waals surface area contributed by atoms with E-state index in [9.17, 15) is 5.11 Å². The fourth-order valence-electron chi connectivity index (χ4n) is 3.82. The summed E-state index contributed by atoms with van der Waals surface area (Å²) in [6.07, 6.45) is 3.64. The Hall–Kier alpha value is -0.900. The molecule has 3 rings (SSSR count). The lowest BCUT2D eigenvalue weighted by Gasteiger charge is -2.41. The van der Waals surface area contributed by atoms with E-state index in [0.29, 0.717) is 12.0 Å². The first-order valence-electron chi connectivity index (χ1n) is 8.31. The Morgan fingerprint density at radius 3 is 2.62 bits per heavy atom. The molecule has 1 aromatic carbocycles. The molecule has 21 heavy (non-hydrogen) atoms. The van der Waals surface area contributed by atoms with Crippen LogP contribution in [0.1, 0.15) is 37.8 Å². The van der Waals surface area contributed by atoms with Crippen molar-refractivity contribution in [2.45, 2.75) is 51.2 Å². The van der Waals surface area contributed by atoms with Gasteiger partial charge in [0.05, 0.1) is 12.1 Å². The number of aliphatic hydroxyl groups is 1. The first-order chi connectivity index (χ1) is 10.1. The normalized spacial score (nSPS) is 22.1. The van der Waals surface area contributed by atoms with E-state index < -0.39 is 0 Å². The van der Waals surface area contributed by atoms with E-state index in [-0.39, 0.29) is 12.1 Å². The van der Waals surface area contributed by atoms with Gasteiger partial charge in [-0.1, -0.05) is 38.1 Å². The fourth-order valence-corrected chi connectivity index (χ4v) is 3.82. The minimum absolute atomic E-state index is 0.111. The summed E-state index contributed by atoms with van der Waals surface area (Å²) in [5, 5.41) is 13.8. The quantitative estimate of drug-likeness (QED) is 0.842. The van der Waals surface area contributed by atoms with Crippen LogP contribution in [0.5, 0.6) is 0 Å². The predicted molar refractivity (Wildman–Crippen MR) is 86.2 cm³/mol. The highest BCUT2D eigenvalue weighted by atomic mass is 16.3. The van der Waals surface area contributed by atoms with E-state index >= 15 is 0 Å². The Bertz CT molecular complexity index is 484. The van der Waals surface area contributed by atoms with Gasteiger partial charge in [0.25, 0.3) is 0 Å². The van der Waals surface area contributed by atoms with Crippen LogP contribution in [-0.4, -0.2) is 41.3 Å². The highest BCUT2D eigenvalue weighted by Gasteiger charge is 2.46. The van der Waals surface area contributed by atoms with Crippen molar-refractivity contribution in [2.24, 2.45) is 5.92 Å². The highest BCUT2D eigenvalue weighted by Crippen LogP contribution is 2.40. The molecule has 116 valence electrons. The molecule has 1 fully saturated rings. The molecule has 1 aliphatic carbocycles. The number of hydrogen-bond donors (Lipinski definition) is 2. The maximum atomic E-state index is 10.1. The van der Waals surface area contributed by atoms with Gasteiger partial charge in [0.2, 0.25) is 0 Å². The Morgan fingerprint density at radius 1 is 1.29 bits per heavy atom. The van der Waals surface area contributed by atoms with Gasteiger partial charge in [0.15, 0.2) is 0 Å². The van der Waals surface area contributed by atoms with Crippen LogP contribution in [0.3, 0.4) is 0 Å². The first-order valence-corrected chi connectivity index (χ1v) is 8.31. The Labute approximate surface area is 128 Å². The van der Waals surface area contributed by atoms with Crippen molar-refractivity contribution in [3.63, 3.8) is 0 Å². The number of fused-ring (bicyclic) bond motifs is 1. The summed E-state index contributed by atoms with van der Waals surface area (Å²) in [7, 11) is 0. The smallest absolute Gasteiger partial charge is 0.0628 e. The third kappa shape index (κ3) is 3.31. The zero-order chi connectivity index (χ0) is 14.9. The maximum absolute atomic E-state index is 10.1. The monoisotopic (exact) mass is 288 g/mol. The summed E-state index contributed by atoms with van der Waals surface area (Å²) < 4.78 is 0. The number of rotatable bonds is 6. The molecule has 3 nitrogen and oxygen atoms in total. The summed E-state index contributed by atoms with van der Waals surface area (Å²) in [5.41, 5.74) is 2.84. The zero-order valence-corrected chi connectivity index (χ0v) is 13.3. The summed E-state index contributed by atoms with van der Waals surface area (Å²) in [6, 6.07) is 9.18. The van der Waals surface area contributed by atoms with Crippen LogP contribution in [0.25, 0.3) is 0 Å². The van der Waals surface area contributed by atoms with Crippen LogP contribution in [0.2, 0.25) is 0 Å². The predicted octanol–water partition coefficient (Wildman–Crippen LogP) is 2.18. The molecule has 1 aromatic rings. The Balaban J connectivity index is 1.72. The second-order valence-electron chi connectivity index (χ2n) is 7.12. The van der Waals surface area contributed by atoms with Gasteiger partial charge in [0.1, 0.15) is 0 Å². The molecule has 0 bridgehead atoms. The van der Waals surface area contributed by atoms with Crippen LogP contribution >= 0.6 is 0 Å². The zero-order valence-electron chi connectivity index (χ0n) is 13.3. The second kappa shape index (κ2) is 6.07. The highest BCUT2D eigenvalue weighted by molar-refractivity contribution is 5.29. The van der Waals surface area contributed by atoms with Gasteiger partial charge in [-0.15, -0.1) is 0 Å². The summed E-state index contributed by atoms with van der Waals surface area (Å²) in [5.74, 6) is 0.641. The molecule has 2 aliphatic rings. The average molecular weight is 288 g/mol. The molecule has 2 N–H and O–H groups in total. The van der Waals surface area contributed by atoms with Crippen LogP contribution in [0, 0.1) is 5.92 Å². The van der Waals surface area contributed by atoms with Crippen LogP contribution in [0.4, 0.5) is 0 Å². The van der Waals surface area contributed by atoms with E-state index in [1.807, 2.05) is 0 Å². The lowest BCUT2D eigenvalue weighted by Crippen LogP contribution is -2.60. The van der Waals surface area contributed by atoms with E-state index in [4.69, 9.17) is 0 Å². The number of aliphatic hydroxyl groups excluding tert-OH is 1. The van der Waals surface area contributed by atoms with Crippen molar-refractivity contribution in [1.82, 2.24) is 10.2 Å². The van der Waals surface area contributed by atoms with E-state index in [2.05, 4.69) is 48.3 Å². The van der Waals surface area contributed by atoms with Crippen molar-refractivity contribution in [2.75, 3.05) is 19.7 Å². The average Bonchev–Trinajstić information content (AvgIpc) is 3.31. The van der Waals surface area contributed by atoms with Crippen molar-refractivity contribution >= 4 is 0 Å².